The molecule has 0 aliphatic carbocycles. The largest absolute Gasteiger partial charge is 0.462 e. The predicted molar refractivity (Wildman–Crippen MR) is 115 cm³/mol. The van der Waals surface area contributed by atoms with Gasteiger partial charge in [0.05, 0.1) is 17.9 Å². The molecule has 0 aliphatic rings. The molecule has 0 aliphatic heterocycles. The van der Waals surface area contributed by atoms with Crippen LogP contribution in [0, 0.1) is 4.84 Å². The Morgan fingerprint density at radius 3 is 2.52 bits per heavy atom. The lowest BCUT2D eigenvalue weighted by molar-refractivity contribution is 0.0527. The van der Waals surface area contributed by atoms with Crippen molar-refractivity contribution in [2.75, 3.05) is 11.9 Å². The zero-order chi connectivity index (χ0) is 21.0. The van der Waals surface area contributed by atoms with Crippen molar-refractivity contribution < 1.29 is 13.9 Å². The molecule has 1 heterocycles. The highest BCUT2D eigenvalue weighted by Gasteiger charge is 2.15. The van der Waals surface area contributed by atoms with Gasteiger partial charge in [0.2, 0.25) is 5.89 Å². The second kappa shape index (κ2) is 8.61. The summed E-state index contributed by atoms with van der Waals surface area (Å²) in [5.74, 6) is 0.0786. The van der Waals surface area contributed by atoms with Gasteiger partial charge in [-0.05, 0) is 54.4 Å². The van der Waals surface area contributed by atoms with Gasteiger partial charge in [-0.2, -0.15) is 0 Å². The summed E-state index contributed by atoms with van der Waals surface area (Å²) in [5.41, 5.74) is 3.27. The number of hydrogen-bond acceptors (Lipinski definition) is 6. The number of ether oxygens (including phenoxy) is 1. The maximum absolute atomic E-state index is 12.1. The lowest BCUT2D eigenvalue weighted by Gasteiger charge is -2.18. The number of hydrogen-bond donors (Lipinski definition) is 1. The summed E-state index contributed by atoms with van der Waals surface area (Å²) in [6.45, 7) is 8.86. The van der Waals surface area contributed by atoms with Crippen LogP contribution in [0.4, 0.5) is 5.69 Å². The van der Waals surface area contributed by atoms with E-state index in [0.717, 1.165) is 5.56 Å². The van der Waals surface area contributed by atoms with Gasteiger partial charge in [-0.3, -0.25) is 0 Å². The second-order valence-electron chi connectivity index (χ2n) is 7.60. The van der Waals surface area contributed by atoms with E-state index >= 15 is 0 Å². The van der Waals surface area contributed by atoms with Crippen LogP contribution in [-0.2, 0) is 16.8 Å². The maximum atomic E-state index is 12.1. The van der Waals surface area contributed by atoms with Crippen LogP contribution in [-0.4, -0.2) is 22.4 Å². The van der Waals surface area contributed by atoms with E-state index in [2.05, 4.69) is 43.3 Å². The van der Waals surface area contributed by atoms with Gasteiger partial charge in [-0.15, -0.1) is 5.10 Å². The third-order valence-electron chi connectivity index (χ3n) is 4.45. The lowest BCUT2D eigenvalue weighted by atomic mass is 9.87. The predicted octanol–water partition coefficient (Wildman–Crippen LogP) is 5.42. The Morgan fingerprint density at radius 2 is 1.86 bits per heavy atom. The summed E-state index contributed by atoms with van der Waals surface area (Å²) in [7, 11) is 0. The van der Waals surface area contributed by atoms with Crippen molar-refractivity contribution in [1.82, 2.24) is 9.78 Å². The van der Waals surface area contributed by atoms with E-state index in [1.165, 1.54) is 5.56 Å². The number of carbonyl (C=O) groups is 1. The molecular formula is C22H25N3O3S. The third kappa shape index (κ3) is 4.92. The molecule has 7 heteroatoms. The van der Waals surface area contributed by atoms with Gasteiger partial charge in [-0.1, -0.05) is 45.0 Å². The van der Waals surface area contributed by atoms with E-state index in [4.69, 9.17) is 21.4 Å². The fourth-order valence-electron chi connectivity index (χ4n) is 2.82. The van der Waals surface area contributed by atoms with Crippen LogP contribution in [0.3, 0.4) is 0 Å². The van der Waals surface area contributed by atoms with Gasteiger partial charge >= 0.3 is 5.97 Å². The van der Waals surface area contributed by atoms with Crippen LogP contribution in [0.5, 0.6) is 0 Å². The van der Waals surface area contributed by atoms with E-state index in [0.29, 0.717) is 23.7 Å². The Kier molecular flexibility index (Phi) is 6.17. The van der Waals surface area contributed by atoms with E-state index in [-0.39, 0.29) is 22.9 Å². The van der Waals surface area contributed by atoms with Crippen LogP contribution in [0.2, 0.25) is 0 Å². The van der Waals surface area contributed by atoms with Crippen molar-refractivity contribution in [3.8, 4) is 11.5 Å². The molecule has 3 aromatic rings. The Hall–Kier alpha value is -2.93. The van der Waals surface area contributed by atoms with Gasteiger partial charge in [0.1, 0.15) is 6.67 Å². The summed E-state index contributed by atoms with van der Waals surface area (Å²) in [4.78, 5) is 12.4. The standard InChI is InChI=1S/C22H25N3O3S/c1-5-27-20(26)17-8-6-7-9-18(17)23-14-25-21(29)28-19(24-25)15-10-12-16(13-11-15)22(2,3)4/h6-13,23H,5,14H2,1-4H3. The van der Waals surface area contributed by atoms with Crippen molar-refractivity contribution in [3.63, 3.8) is 0 Å². The Bertz CT molecular complexity index is 1050. The average molecular weight is 412 g/mol. The molecule has 1 aromatic heterocycles. The van der Waals surface area contributed by atoms with Gasteiger partial charge < -0.3 is 14.5 Å². The van der Waals surface area contributed by atoms with E-state index in [1.54, 1.807) is 23.7 Å². The quantitative estimate of drug-likeness (QED) is 0.432. The summed E-state index contributed by atoms with van der Waals surface area (Å²) in [5, 5.41) is 7.64. The van der Waals surface area contributed by atoms with E-state index in [1.807, 2.05) is 24.3 Å². The van der Waals surface area contributed by atoms with Crippen molar-refractivity contribution in [2.45, 2.75) is 39.8 Å². The normalized spacial score (nSPS) is 11.3. The lowest BCUT2D eigenvalue weighted by Crippen LogP contribution is -2.13. The van der Waals surface area contributed by atoms with Crippen LogP contribution < -0.4 is 5.32 Å². The van der Waals surface area contributed by atoms with Gasteiger partial charge in [0, 0.05) is 5.56 Å². The highest BCUT2D eigenvalue weighted by molar-refractivity contribution is 7.71. The summed E-state index contributed by atoms with van der Waals surface area (Å²) in [6, 6.07) is 15.3. The van der Waals surface area contributed by atoms with Crippen LogP contribution in [0.1, 0.15) is 43.6 Å². The number of benzene rings is 2. The Balaban J connectivity index is 1.77. The zero-order valence-corrected chi connectivity index (χ0v) is 17.9. The van der Waals surface area contributed by atoms with Crippen molar-refractivity contribution in [1.29, 1.82) is 0 Å². The first-order chi connectivity index (χ1) is 13.8. The van der Waals surface area contributed by atoms with Crippen molar-refractivity contribution in [3.05, 3.63) is 64.5 Å². The SMILES string of the molecule is CCOC(=O)c1ccccc1NCn1nc(-c2ccc(C(C)(C)C)cc2)oc1=S. The van der Waals surface area contributed by atoms with E-state index in [9.17, 15) is 4.79 Å². The number of rotatable bonds is 6. The second-order valence-corrected chi connectivity index (χ2v) is 7.95. The smallest absolute Gasteiger partial charge is 0.340 e. The molecule has 3 rings (SSSR count). The molecule has 0 saturated carbocycles. The first kappa shape index (κ1) is 20.8. The minimum atomic E-state index is -0.376. The number of para-hydroxylation sites is 1. The summed E-state index contributed by atoms with van der Waals surface area (Å²) < 4.78 is 12.3. The topological polar surface area (TPSA) is 69.3 Å². The fraction of sp³-hybridized carbons (Fsp3) is 0.318. The van der Waals surface area contributed by atoms with Gasteiger partial charge in [-0.25, -0.2) is 9.48 Å². The summed E-state index contributed by atoms with van der Waals surface area (Å²) in [6.07, 6.45) is 0. The number of nitrogens with one attached hydrogen (secondary N) is 1. The molecule has 0 unspecified atom stereocenters. The fourth-order valence-corrected chi connectivity index (χ4v) is 3.00. The van der Waals surface area contributed by atoms with Gasteiger partial charge in [0.15, 0.2) is 0 Å². The Labute approximate surface area is 175 Å². The molecule has 0 atom stereocenters. The monoisotopic (exact) mass is 411 g/mol. The molecule has 6 nitrogen and oxygen atoms in total. The van der Waals surface area contributed by atoms with E-state index < -0.39 is 0 Å². The minimum Gasteiger partial charge on any atom is -0.462 e. The number of anilines is 1. The number of carbonyl (C=O) groups excluding carboxylic acids is 1. The minimum absolute atomic E-state index is 0.0778. The van der Waals surface area contributed by atoms with Crippen molar-refractivity contribution in [2.24, 2.45) is 0 Å². The number of aromatic nitrogens is 2. The first-order valence-corrected chi connectivity index (χ1v) is 9.89. The Morgan fingerprint density at radius 1 is 1.17 bits per heavy atom. The number of nitrogens with zero attached hydrogens (tertiary/aromatic N) is 2. The molecule has 152 valence electrons. The van der Waals surface area contributed by atoms with Crippen LogP contribution >= 0.6 is 12.2 Å². The molecule has 0 saturated heterocycles. The summed E-state index contributed by atoms with van der Waals surface area (Å²) >= 11 is 5.30. The molecule has 29 heavy (non-hydrogen) atoms. The molecule has 0 radical (unpaired) electrons. The highest BCUT2D eigenvalue weighted by atomic mass is 32.1. The first-order valence-electron chi connectivity index (χ1n) is 9.48. The molecule has 2 aromatic carbocycles. The third-order valence-corrected chi connectivity index (χ3v) is 4.74. The average Bonchev–Trinajstić information content (AvgIpc) is 3.07. The number of esters is 1. The molecule has 1 N–H and O–H groups in total. The van der Waals surface area contributed by atoms with Crippen LogP contribution in [0.15, 0.2) is 52.9 Å². The molecule has 0 spiro atoms. The molecule has 0 fully saturated rings. The highest BCUT2D eigenvalue weighted by Crippen LogP contribution is 2.25. The van der Waals surface area contributed by atoms with Crippen LogP contribution in [0.25, 0.3) is 11.5 Å². The molecular weight excluding hydrogens is 386 g/mol. The maximum Gasteiger partial charge on any atom is 0.340 e. The molecule has 0 bridgehead atoms. The van der Waals surface area contributed by atoms with Gasteiger partial charge in [0.25, 0.3) is 4.84 Å². The molecule has 0 amide bonds. The van der Waals surface area contributed by atoms with Crippen molar-refractivity contribution >= 4 is 23.9 Å². The zero-order valence-electron chi connectivity index (χ0n) is 17.1.